The van der Waals surface area contributed by atoms with Crippen LogP contribution in [0.25, 0.3) is 0 Å². The summed E-state index contributed by atoms with van der Waals surface area (Å²) < 4.78 is 13.4. The van der Waals surface area contributed by atoms with Crippen LogP contribution >= 0.6 is 15.9 Å². The Hall–Kier alpha value is -0.610. The van der Waals surface area contributed by atoms with Crippen molar-refractivity contribution < 1.29 is 4.39 Å². The van der Waals surface area contributed by atoms with Crippen LogP contribution in [0.5, 0.6) is 0 Å². The van der Waals surface area contributed by atoms with E-state index in [4.69, 9.17) is 0 Å². The highest BCUT2D eigenvalue weighted by atomic mass is 79.9. The molecule has 0 saturated carbocycles. The summed E-state index contributed by atoms with van der Waals surface area (Å²) in [6, 6.07) is 5.61. The van der Waals surface area contributed by atoms with E-state index in [0.717, 1.165) is 35.7 Å². The third kappa shape index (κ3) is 3.68. The van der Waals surface area contributed by atoms with E-state index in [1.54, 1.807) is 0 Å². The van der Waals surface area contributed by atoms with E-state index in [1.807, 2.05) is 18.2 Å². The van der Waals surface area contributed by atoms with Crippen LogP contribution in [0.15, 0.2) is 22.7 Å². The molecule has 0 amide bonds. The van der Waals surface area contributed by atoms with E-state index >= 15 is 0 Å². The van der Waals surface area contributed by atoms with Crippen molar-refractivity contribution in [3.05, 3.63) is 28.2 Å². The topological polar surface area (TPSA) is 24.1 Å². The van der Waals surface area contributed by atoms with Crippen LogP contribution in [0.3, 0.4) is 0 Å². The third-order valence-corrected chi connectivity index (χ3v) is 3.88. The molecular weight excluding hydrogens is 283 g/mol. The molecule has 2 nitrogen and oxygen atoms in total. The molecule has 0 atom stereocenters. The second-order valence-corrected chi connectivity index (χ2v) is 5.38. The molecule has 94 valence electrons. The number of benzene rings is 1. The van der Waals surface area contributed by atoms with E-state index in [9.17, 15) is 4.39 Å². The quantitative estimate of drug-likeness (QED) is 0.891. The zero-order chi connectivity index (χ0) is 12.1. The molecule has 0 radical (unpaired) electrons. The minimum Gasteiger partial charge on any atom is -0.384 e. The maximum atomic E-state index is 12.5. The normalized spacial score (nSPS) is 17.1. The summed E-state index contributed by atoms with van der Waals surface area (Å²) in [7, 11) is 0. The lowest BCUT2D eigenvalue weighted by Gasteiger charge is -2.23. The second kappa shape index (κ2) is 6.36. The van der Waals surface area contributed by atoms with Gasteiger partial charge < -0.3 is 10.6 Å². The first kappa shape index (κ1) is 12.8. The Balaban J connectivity index is 1.89. The van der Waals surface area contributed by atoms with Crippen molar-refractivity contribution >= 4 is 21.6 Å². The molecule has 1 heterocycles. The predicted molar refractivity (Wildman–Crippen MR) is 73.0 cm³/mol. The molecule has 0 aromatic heterocycles. The zero-order valence-corrected chi connectivity index (χ0v) is 11.4. The SMILES string of the molecule is FCc1ccc(NCC2CCNCC2)c(Br)c1. The van der Waals surface area contributed by atoms with Crippen LogP contribution < -0.4 is 10.6 Å². The smallest absolute Gasteiger partial charge is 0.115 e. The predicted octanol–water partition coefficient (Wildman–Crippen LogP) is 3.33. The van der Waals surface area contributed by atoms with Gasteiger partial charge in [0.25, 0.3) is 0 Å². The van der Waals surface area contributed by atoms with Crippen LogP contribution in [-0.2, 0) is 6.67 Å². The second-order valence-electron chi connectivity index (χ2n) is 4.52. The van der Waals surface area contributed by atoms with Crippen molar-refractivity contribution in [3.8, 4) is 0 Å². The van der Waals surface area contributed by atoms with E-state index in [1.165, 1.54) is 12.8 Å². The van der Waals surface area contributed by atoms with Crippen molar-refractivity contribution in [1.82, 2.24) is 5.32 Å². The number of alkyl halides is 1. The van der Waals surface area contributed by atoms with E-state index in [2.05, 4.69) is 26.6 Å². The van der Waals surface area contributed by atoms with Crippen molar-refractivity contribution in [2.24, 2.45) is 5.92 Å². The van der Waals surface area contributed by atoms with E-state index in [-0.39, 0.29) is 0 Å². The molecule has 2 rings (SSSR count). The highest BCUT2D eigenvalue weighted by molar-refractivity contribution is 9.10. The van der Waals surface area contributed by atoms with Crippen molar-refractivity contribution in [2.45, 2.75) is 19.5 Å². The van der Waals surface area contributed by atoms with Gasteiger partial charge in [-0.25, -0.2) is 4.39 Å². The molecule has 1 aromatic rings. The largest absolute Gasteiger partial charge is 0.384 e. The number of piperidine rings is 1. The lowest BCUT2D eigenvalue weighted by Crippen LogP contribution is -2.31. The first-order chi connectivity index (χ1) is 8.29. The lowest BCUT2D eigenvalue weighted by atomic mass is 9.98. The Morgan fingerprint density at radius 1 is 1.35 bits per heavy atom. The molecule has 2 N–H and O–H groups in total. The van der Waals surface area contributed by atoms with Gasteiger partial charge in [0, 0.05) is 16.7 Å². The van der Waals surface area contributed by atoms with E-state index < -0.39 is 6.67 Å². The molecule has 0 unspecified atom stereocenters. The average molecular weight is 301 g/mol. The Morgan fingerprint density at radius 3 is 2.76 bits per heavy atom. The Kier molecular flexibility index (Phi) is 4.80. The molecule has 0 spiro atoms. The van der Waals surface area contributed by atoms with Gasteiger partial charge in [-0.1, -0.05) is 6.07 Å². The minimum atomic E-state index is -0.410. The van der Waals surface area contributed by atoms with Crippen molar-refractivity contribution in [1.29, 1.82) is 0 Å². The molecule has 1 saturated heterocycles. The number of hydrogen-bond acceptors (Lipinski definition) is 2. The summed E-state index contributed by atoms with van der Waals surface area (Å²) >= 11 is 3.47. The summed E-state index contributed by atoms with van der Waals surface area (Å²) in [5.74, 6) is 0.740. The maximum Gasteiger partial charge on any atom is 0.115 e. The van der Waals surface area contributed by atoms with E-state index in [0.29, 0.717) is 5.56 Å². The number of nitrogens with one attached hydrogen (secondary N) is 2. The highest BCUT2D eigenvalue weighted by Gasteiger charge is 2.12. The molecular formula is C13H18BrFN2. The van der Waals surface area contributed by atoms with Crippen LogP contribution in [0, 0.1) is 5.92 Å². The van der Waals surface area contributed by atoms with Crippen molar-refractivity contribution in [3.63, 3.8) is 0 Å². The molecule has 1 aliphatic rings. The number of hydrogen-bond donors (Lipinski definition) is 2. The summed E-state index contributed by atoms with van der Waals surface area (Å²) in [5.41, 5.74) is 1.77. The Labute approximate surface area is 110 Å². The van der Waals surface area contributed by atoms with Gasteiger partial charge in [-0.2, -0.15) is 0 Å². The third-order valence-electron chi connectivity index (χ3n) is 3.23. The van der Waals surface area contributed by atoms with Gasteiger partial charge in [0.15, 0.2) is 0 Å². The standard InChI is InChI=1S/C13H18BrFN2/c14-12-7-11(8-15)1-2-13(12)17-9-10-3-5-16-6-4-10/h1-2,7,10,16-17H,3-6,8-9H2. The average Bonchev–Trinajstić information content (AvgIpc) is 2.38. The van der Waals surface area contributed by atoms with Gasteiger partial charge in [-0.15, -0.1) is 0 Å². The molecule has 1 fully saturated rings. The monoisotopic (exact) mass is 300 g/mol. The maximum absolute atomic E-state index is 12.5. The van der Waals surface area contributed by atoms with Gasteiger partial charge >= 0.3 is 0 Å². The molecule has 1 aromatic carbocycles. The fourth-order valence-corrected chi connectivity index (χ4v) is 2.69. The molecule has 0 bridgehead atoms. The van der Waals surface area contributed by atoms with Crippen LogP contribution in [0.2, 0.25) is 0 Å². The number of rotatable bonds is 4. The van der Waals surface area contributed by atoms with Gasteiger partial charge in [0.1, 0.15) is 6.67 Å². The highest BCUT2D eigenvalue weighted by Crippen LogP contribution is 2.25. The Bertz CT molecular complexity index is 364. The van der Waals surface area contributed by atoms with Crippen LogP contribution in [-0.4, -0.2) is 19.6 Å². The number of anilines is 1. The molecule has 4 heteroatoms. The van der Waals surface area contributed by atoms with Crippen molar-refractivity contribution in [2.75, 3.05) is 25.0 Å². The molecule has 1 aliphatic heterocycles. The number of halogens is 2. The van der Waals surface area contributed by atoms with Crippen LogP contribution in [0.1, 0.15) is 18.4 Å². The first-order valence-electron chi connectivity index (χ1n) is 6.08. The summed E-state index contributed by atoms with van der Waals surface area (Å²) in [5, 5.41) is 6.80. The molecule has 0 aliphatic carbocycles. The Morgan fingerprint density at radius 2 is 2.12 bits per heavy atom. The lowest BCUT2D eigenvalue weighted by molar-refractivity contribution is 0.390. The summed E-state index contributed by atoms with van der Waals surface area (Å²) in [6.07, 6.45) is 2.46. The first-order valence-corrected chi connectivity index (χ1v) is 6.88. The fourth-order valence-electron chi connectivity index (χ4n) is 2.13. The summed E-state index contributed by atoms with van der Waals surface area (Å²) in [6.45, 7) is 2.82. The minimum absolute atomic E-state index is 0.410. The van der Waals surface area contributed by atoms with Gasteiger partial charge in [0.2, 0.25) is 0 Å². The van der Waals surface area contributed by atoms with Gasteiger partial charge in [-0.05, 0) is 65.5 Å². The zero-order valence-electron chi connectivity index (χ0n) is 9.81. The van der Waals surface area contributed by atoms with Gasteiger partial charge in [-0.3, -0.25) is 0 Å². The summed E-state index contributed by atoms with van der Waals surface area (Å²) in [4.78, 5) is 0. The fraction of sp³-hybridized carbons (Fsp3) is 0.538. The van der Waals surface area contributed by atoms with Crippen LogP contribution in [0.4, 0.5) is 10.1 Å². The molecule has 17 heavy (non-hydrogen) atoms. The van der Waals surface area contributed by atoms with Gasteiger partial charge in [0.05, 0.1) is 0 Å².